The number of hydrogen-bond donors (Lipinski definition) is 2. The molecule has 2 aliphatic rings. The summed E-state index contributed by atoms with van der Waals surface area (Å²) in [4.78, 5) is 0. The van der Waals surface area contributed by atoms with Crippen LogP contribution in [-0.4, -0.2) is 54.1 Å². The zero-order valence-electron chi connectivity index (χ0n) is 19.0. The molecule has 2 fully saturated rings. The first kappa shape index (κ1) is 21.8. The van der Waals surface area contributed by atoms with Gasteiger partial charge in [-0.25, -0.2) is 13.5 Å². The highest BCUT2D eigenvalue weighted by Crippen LogP contribution is 2.51. The lowest BCUT2D eigenvalue weighted by molar-refractivity contribution is -0.0203. The van der Waals surface area contributed by atoms with Crippen molar-refractivity contribution in [3.63, 3.8) is 0 Å². The standard InChI is InChI=1S/C24H27F2N5O2/c1-14-9-10-31(29-14)15-5-6-16(18(32)11-15)17-7-8-20(28-27-17)33-19-12-24(4)23(3,26)13-22(2,30-24)21(19)25/h5-11,19,21,30,32H,12-13H2,1-4H3. The van der Waals surface area contributed by atoms with Crippen molar-refractivity contribution in [3.05, 3.63) is 48.3 Å². The Morgan fingerprint density at radius 1 is 1.15 bits per heavy atom. The molecular weight excluding hydrogens is 428 g/mol. The minimum absolute atomic E-state index is 0.0328. The molecule has 0 aliphatic carbocycles. The normalized spacial score (nSPS) is 33.3. The quantitative estimate of drug-likeness (QED) is 0.617. The molecule has 5 atom stereocenters. The van der Waals surface area contributed by atoms with Crippen LogP contribution in [-0.2, 0) is 0 Å². The lowest BCUT2D eigenvalue weighted by Crippen LogP contribution is -2.65. The third-order valence-electron chi connectivity index (χ3n) is 7.11. The Morgan fingerprint density at radius 2 is 1.94 bits per heavy atom. The number of nitrogens with zero attached hydrogens (tertiary/aromatic N) is 4. The number of halogens is 2. The van der Waals surface area contributed by atoms with Gasteiger partial charge in [-0.1, -0.05) is 0 Å². The summed E-state index contributed by atoms with van der Waals surface area (Å²) in [6.07, 6.45) is -0.172. The minimum atomic E-state index is -1.54. The van der Waals surface area contributed by atoms with Gasteiger partial charge in [-0.15, -0.1) is 10.2 Å². The summed E-state index contributed by atoms with van der Waals surface area (Å²) in [5, 5.41) is 26.2. The summed E-state index contributed by atoms with van der Waals surface area (Å²) < 4.78 is 37.9. The Bertz CT molecular complexity index is 1190. The van der Waals surface area contributed by atoms with Gasteiger partial charge in [0, 0.05) is 36.7 Å². The second kappa shape index (κ2) is 7.21. The fourth-order valence-corrected chi connectivity index (χ4v) is 5.26. The third kappa shape index (κ3) is 3.55. The first-order valence-electron chi connectivity index (χ1n) is 11.0. The van der Waals surface area contributed by atoms with Crippen LogP contribution >= 0.6 is 0 Å². The van der Waals surface area contributed by atoms with Gasteiger partial charge < -0.3 is 15.2 Å². The smallest absolute Gasteiger partial charge is 0.233 e. The van der Waals surface area contributed by atoms with E-state index in [1.165, 1.54) is 6.92 Å². The average Bonchev–Trinajstić information content (AvgIpc) is 3.24. The monoisotopic (exact) mass is 455 g/mol. The number of rotatable bonds is 4. The van der Waals surface area contributed by atoms with Crippen LogP contribution in [0.2, 0.25) is 0 Å². The number of hydrogen-bond acceptors (Lipinski definition) is 6. The highest BCUT2D eigenvalue weighted by atomic mass is 19.1. The number of alkyl halides is 2. The van der Waals surface area contributed by atoms with E-state index in [-0.39, 0.29) is 24.5 Å². The lowest BCUT2D eigenvalue weighted by Gasteiger charge is -2.44. The highest BCUT2D eigenvalue weighted by Gasteiger charge is 2.66. The Hall–Kier alpha value is -3.07. The van der Waals surface area contributed by atoms with E-state index >= 15 is 8.78 Å². The number of aromatic hydroxyl groups is 1. The van der Waals surface area contributed by atoms with E-state index in [0.29, 0.717) is 16.9 Å². The molecule has 0 saturated carbocycles. The maximum absolute atomic E-state index is 15.3. The number of phenols is 1. The van der Waals surface area contributed by atoms with E-state index in [0.717, 1.165) is 5.69 Å². The van der Waals surface area contributed by atoms with Crippen molar-refractivity contribution in [1.82, 2.24) is 25.3 Å². The van der Waals surface area contributed by atoms with Gasteiger partial charge in [0.05, 0.1) is 28.2 Å². The van der Waals surface area contributed by atoms with Gasteiger partial charge in [-0.2, -0.15) is 5.10 Å². The molecule has 0 radical (unpaired) electrons. The first-order chi connectivity index (χ1) is 15.5. The van der Waals surface area contributed by atoms with Gasteiger partial charge in [0.25, 0.3) is 0 Å². The molecule has 1 aromatic carbocycles. The van der Waals surface area contributed by atoms with Crippen molar-refractivity contribution in [2.45, 2.75) is 69.6 Å². The zero-order chi connectivity index (χ0) is 23.6. The van der Waals surface area contributed by atoms with Gasteiger partial charge in [0.15, 0.2) is 6.17 Å². The summed E-state index contributed by atoms with van der Waals surface area (Å²) in [5.74, 6) is 0.189. The number of nitrogens with one attached hydrogen (secondary N) is 1. The number of aryl methyl sites for hydroxylation is 1. The van der Waals surface area contributed by atoms with Crippen LogP contribution in [0, 0.1) is 6.92 Å². The summed E-state index contributed by atoms with van der Waals surface area (Å²) in [6.45, 7) is 6.87. The topological polar surface area (TPSA) is 85.1 Å². The van der Waals surface area contributed by atoms with Crippen molar-refractivity contribution < 1.29 is 18.6 Å². The fourth-order valence-electron chi connectivity index (χ4n) is 5.26. The molecule has 33 heavy (non-hydrogen) atoms. The number of ether oxygens (including phenoxy) is 1. The third-order valence-corrected chi connectivity index (χ3v) is 7.11. The Kier molecular flexibility index (Phi) is 4.76. The number of benzene rings is 1. The Labute approximate surface area is 190 Å². The second-order valence-electron chi connectivity index (χ2n) is 9.87. The van der Waals surface area contributed by atoms with Crippen LogP contribution < -0.4 is 10.1 Å². The molecule has 2 aromatic heterocycles. The first-order valence-corrected chi connectivity index (χ1v) is 11.0. The van der Waals surface area contributed by atoms with Crippen molar-refractivity contribution in [3.8, 4) is 28.6 Å². The van der Waals surface area contributed by atoms with Crippen molar-refractivity contribution in [1.29, 1.82) is 0 Å². The van der Waals surface area contributed by atoms with Gasteiger partial charge in [0.1, 0.15) is 17.5 Å². The van der Waals surface area contributed by atoms with Crippen LogP contribution in [0.5, 0.6) is 11.6 Å². The predicted molar refractivity (Wildman–Crippen MR) is 119 cm³/mol. The van der Waals surface area contributed by atoms with Gasteiger partial charge >= 0.3 is 0 Å². The number of phenolic OH excluding ortho intramolecular Hbond substituents is 1. The molecule has 7 nitrogen and oxygen atoms in total. The largest absolute Gasteiger partial charge is 0.507 e. The lowest BCUT2D eigenvalue weighted by atomic mass is 9.81. The SMILES string of the molecule is Cc1ccn(-c2ccc(-c3ccc(OC4CC5(C)NC(C)(CC5(C)F)C4F)nn3)c(O)c2)n1. The number of piperidine rings is 1. The van der Waals surface area contributed by atoms with Crippen molar-refractivity contribution in [2.24, 2.45) is 0 Å². The second-order valence-corrected chi connectivity index (χ2v) is 9.87. The average molecular weight is 456 g/mol. The van der Waals surface area contributed by atoms with Crippen LogP contribution in [0.3, 0.4) is 0 Å². The van der Waals surface area contributed by atoms with E-state index in [2.05, 4.69) is 20.6 Å². The molecule has 0 spiro atoms. The predicted octanol–water partition coefficient (Wildman–Crippen LogP) is 4.07. The molecular formula is C24H27F2N5O2. The molecule has 2 aliphatic heterocycles. The van der Waals surface area contributed by atoms with E-state index in [1.807, 2.05) is 25.3 Å². The maximum atomic E-state index is 15.3. The summed E-state index contributed by atoms with van der Waals surface area (Å²) >= 11 is 0. The maximum Gasteiger partial charge on any atom is 0.233 e. The number of aromatic nitrogens is 4. The Morgan fingerprint density at radius 3 is 2.58 bits per heavy atom. The highest BCUT2D eigenvalue weighted by molar-refractivity contribution is 5.68. The number of fused-ring (bicyclic) bond motifs is 2. The molecule has 3 aromatic rings. The molecule has 9 heteroatoms. The van der Waals surface area contributed by atoms with Crippen molar-refractivity contribution >= 4 is 0 Å². The molecule has 2 N–H and O–H groups in total. The van der Waals surface area contributed by atoms with E-state index in [4.69, 9.17) is 4.74 Å². The van der Waals surface area contributed by atoms with Gasteiger partial charge in [-0.3, -0.25) is 0 Å². The summed E-state index contributed by atoms with van der Waals surface area (Å²) in [5.41, 5.74) is -0.903. The van der Waals surface area contributed by atoms with Gasteiger partial charge in [0.2, 0.25) is 5.88 Å². The van der Waals surface area contributed by atoms with Gasteiger partial charge in [-0.05, 0) is 52.0 Å². The van der Waals surface area contributed by atoms with E-state index in [1.54, 1.807) is 42.8 Å². The van der Waals surface area contributed by atoms with E-state index in [9.17, 15) is 5.11 Å². The molecule has 2 bridgehead atoms. The fraction of sp³-hybridized carbons (Fsp3) is 0.458. The van der Waals surface area contributed by atoms with Crippen LogP contribution in [0.1, 0.15) is 39.3 Å². The minimum Gasteiger partial charge on any atom is -0.507 e. The Balaban J connectivity index is 1.34. The van der Waals surface area contributed by atoms with Crippen LogP contribution in [0.25, 0.3) is 16.9 Å². The molecule has 0 amide bonds. The molecule has 5 unspecified atom stereocenters. The van der Waals surface area contributed by atoms with Crippen molar-refractivity contribution in [2.75, 3.05) is 0 Å². The van der Waals surface area contributed by atoms with Crippen LogP contribution in [0.4, 0.5) is 8.78 Å². The summed E-state index contributed by atoms with van der Waals surface area (Å²) in [6, 6.07) is 10.3. The molecule has 174 valence electrons. The zero-order valence-corrected chi connectivity index (χ0v) is 19.0. The molecule has 2 saturated heterocycles. The molecule has 5 rings (SSSR count). The molecule has 4 heterocycles. The van der Waals surface area contributed by atoms with Crippen LogP contribution in [0.15, 0.2) is 42.6 Å². The summed E-state index contributed by atoms with van der Waals surface area (Å²) in [7, 11) is 0. The van der Waals surface area contributed by atoms with E-state index < -0.39 is 29.0 Å².